The van der Waals surface area contributed by atoms with Crippen LogP contribution in [0.25, 0.3) is 0 Å². The molecule has 4 rings (SSSR count). The summed E-state index contributed by atoms with van der Waals surface area (Å²) in [5.41, 5.74) is 4.57. The minimum atomic E-state index is -0.242. The maximum atomic E-state index is 12.2. The molecule has 1 unspecified atom stereocenters. The molecule has 0 saturated carbocycles. The molecule has 1 atom stereocenters. The highest BCUT2D eigenvalue weighted by Gasteiger charge is 2.28. The Morgan fingerprint density at radius 3 is 2.27 bits per heavy atom. The van der Waals surface area contributed by atoms with Crippen LogP contribution in [0.4, 0.5) is 5.69 Å². The van der Waals surface area contributed by atoms with E-state index in [1.807, 2.05) is 0 Å². The van der Waals surface area contributed by atoms with Gasteiger partial charge in [0, 0.05) is 55.5 Å². The number of piperidine rings is 1. The second-order valence-electron chi connectivity index (χ2n) is 8.79. The fraction of sp³-hybridized carbons (Fsp3) is 0.480. The number of hydrogen-bond acceptors (Lipinski definition) is 4. The fourth-order valence-corrected chi connectivity index (χ4v) is 5.21. The highest BCUT2D eigenvalue weighted by atomic mass is 79.9. The lowest BCUT2D eigenvalue weighted by atomic mass is 9.90. The Morgan fingerprint density at radius 2 is 1.63 bits per heavy atom. The molecule has 2 heterocycles. The summed E-state index contributed by atoms with van der Waals surface area (Å²) in [6.45, 7) is 8.89. The van der Waals surface area contributed by atoms with Crippen LogP contribution in [0.5, 0.6) is 0 Å². The van der Waals surface area contributed by atoms with Crippen molar-refractivity contribution in [3.8, 4) is 0 Å². The Morgan fingerprint density at radius 1 is 0.967 bits per heavy atom. The van der Waals surface area contributed by atoms with Gasteiger partial charge in [0.05, 0.1) is 5.92 Å². The molecule has 4 nitrogen and oxygen atoms in total. The monoisotopic (exact) mass is 469 g/mol. The van der Waals surface area contributed by atoms with E-state index in [0.29, 0.717) is 6.04 Å². The molecule has 0 radical (unpaired) electrons. The summed E-state index contributed by atoms with van der Waals surface area (Å²) in [5.74, 6) is -0.242. The number of aldehydes is 1. The standard InChI is InChI=1S/C25H32BrN3O/c1-19-3-5-20(6-4-19)24(18-30)23-17-21(26)7-8-25(23)29-11-9-22(10-12-29)28-15-13-27(2)14-16-28/h3-8,17-18,22,24H,9-16H2,1-2H3. The molecule has 0 spiro atoms. The summed E-state index contributed by atoms with van der Waals surface area (Å²) in [7, 11) is 2.21. The maximum Gasteiger partial charge on any atom is 0.131 e. The van der Waals surface area contributed by atoms with Crippen LogP contribution in [-0.2, 0) is 4.79 Å². The number of benzene rings is 2. The van der Waals surface area contributed by atoms with Crippen LogP contribution in [0.2, 0.25) is 0 Å². The largest absolute Gasteiger partial charge is 0.371 e. The third-order valence-electron chi connectivity index (χ3n) is 6.76. The van der Waals surface area contributed by atoms with Crippen molar-refractivity contribution in [2.75, 3.05) is 51.2 Å². The van der Waals surface area contributed by atoms with Gasteiger partial charge < -0.3 is 14.6 Å². The van der Waals surface area contributed by atoms with Gasteiger partial charge in [-0.2, -0.15) is 0 Å². The van der Waals surface area contributed by atoms with Gasteiger partial charge in [0.25, 0.3) is 0 Å². The minimum Gasteiger partial charge on any atom is -0.371 e. The Bertz CT molecular complexity index is 853. The number of likely N-dealkylation sites (N-methyl/N-ethyl adjacent to an activating group) is 1. The van der Waals surface area contributed by atoms with Gasteiger partial charge in [0.2, 0.25) is 0 Å². The molecule has 2 aliphatic heterocycles. The quantitative estimate of drug-likeness (QED) is 0.609. The molecule has 2 aromatic carbocycles. The molecular weight excluding hydrogens is 438 g/mol. The number of halogens is 1. The van der Waals surface area contributed by atoms with Gasteiger partial charge in [-0.25, -0.2) is 0 Å². The van der Waals surface area contributed by atoms with E-state index in [9.17, 15) is 4.79 Å². The second-order valence-corrected chi connectivity index (χ2v) is 9.70. The summed E-state index contributed by atoms with van der Waals surface area (Å²) < 4.78 is 1.02. The predicted octanol–water partition coefficient (Wildman–Crippen LogP) is 4.30. The average molecular weight is 470 g/mol. The number of aryl methyl sites for hydroxylation is 1. The normalized spacial score (nSPS) is 20.3. The van der Waals surface area contributed by atoms with E-state index in [0.717, 1.165) is 35.0 Å². The average Bonchev–Trinajstić information content (AvgIpc) is 2.77. The first-order valence-electron chi connectivity index (χ1n) is 11.0. The number of anilines is 1. The molecule has 0 N–H and O–H groups in total. The lowest BCUT2D eigenvalue weighted by Crippen LogP contribution is -2.52. The molecule has 0 bridgehead atoms. The van der Waals surface area contributed by atoms with E-state index >= 15 is 0 Å². The molecule has 2 fully saturated rings. The predicted molar refractivity (Wildman–Crippen MR) is 128 cm³/mol. The second kappa shape index (κ2) is 9.63. The molecule has 160 valence electrons. The van der Waals surface area contributed by atoms with Crippen molar-refractivity contribution in [3.05, 3.63) is 63.6 Å². The van der Waals surface area contributed by atoms with Gasteiger partial charge >= 0.3 is 0 Å². The first-order valence-corrected chi connectivity index (χ1v) is 11.8. The first kappa shape index (κ1) is 21.5. The van der Waals surface area contributed by atoms with Gasteiger partial charge in [-0.1, -0.05) is 45.8 Å². The third-order valence-corrected chi connectivity index (χ3v) is 7.25. The van der Waals surface area contributed by atoms with Crippen molar-refractivity contribution >= 4 is 27.9 Å². The molecule has 2 saturated heterocycles. The zero-order chi connectivity index (χ0) is 21.1. The van der Waals surface area contributed by atoms with Crippen molar-refractivity contribution in [1.82, 2.24) is 9.80 Å². The lowest BCUT2D eigenvalue weighted by molar-refractivity contribution is -0.108. The van der Waals surface area contributed by atoms with Gasteiger partial charge in [0.1, 0.15) is 6.29 Å². The van der Waals surface area contributed by atoms with E-state index in [2.05, 4.69) is 87.1 Å². The molecule has 5 heteroatoms. The topological polar surface area (TPSA) is 26.8 Å². The van der Waals surface area contributed by atoms with Crippen LogP contribution in [0.3, 0.4) is 0 Å². The Hall–Kier alpha value is -1.69. The number of piperazine rings is 1. The van der Waals surface area contributed by atoms with Gasteiger partial charge in [-0.3, -0.25) is 4.90 Å². The van der Waals surface area contributed by atoms with E-state index < -0.39 is 0 Å². The van der Waals surface area contributed by atoms with Gasteiger partial charge in [-0.15, -0.1) is 0 Å². The summed E-state index contributed by atoms with van der Waals surface area (Å²) in [5, 5.41) is 0. The van der Waals surface area contributed by atoms with Crippen molar-refractivity contribution in [1.29, 1.82) is 0 Å². The smallest absolute Gasteiger partial charge is 0.131 e. The Labute approximate surface area is 189 Å². The van der Waals surface area contributed by atoms with Crippen LogP contribution < -0.4 is 4.90 Å². The summed E-state index contributed by atoms with van der Waals surface area (Å²) in [6, 6.07) is 15.4. The molecule has 2 aromatic rings. The van der Waals surface area contributed by atoms with E-state index in [-0.39, 0.29) is 5.92 Å². The molecule has 0 aliphatic carbocycles. The molecule has 0 aromatic heterocycles. The van der Waals surface area contributed by atoms with Crippen LogP contribution >= 0.6 is 15.9 Å². The summed E-state index contributed by atoms with van der Waals surface area (Å²) >= 11 is 3.62. The molecule has 30 heavy (non-hydrogen) atoms. The highest BCUT2D eigenvalue weighted by molar-refractivity contribution is 9.10. The van der Waals surface area contributed by atoms with Crippen LogP contribution in [0, 0.1) is 6.92 Å². The van der Waals surface area contributed by atoms with Gasteiger partial charge in [-0.05, 0) is 56.1 Å². The number of carbonyl (C=O) groups excluding carboxylic acids is 1. The van der Waals surface area contributed by atoms with Crippen molar-refractivity contribution < 1.29 is 4.79 Å². The molecular formula is C25H32BrN3O. The van der Waals surface area contributed by atoms with Crippen molar-refractivity contribution in [2.24, 2.45) is 0 Å². The van der Waals surface area contributed by atoms with Crippen LogP contribution in [-0.4, -0.2) is 68.4 Å². The molecule has 0 amide bonds. The van der Waals surface area contributed by atoms with Crippen molar-refractivity contribution in [2.45, 2.75) is 31.7 Å². The number of hydrogen-bond donors (Lipinski definition) is 0. The summed E-state index contributed by atoms with van der Waals surface area (Å²) in [6.07, 6.45) is 3.47. The van der Waals surface area contributed by atoms with Crippen molar-refractivity contribution in [3.63, 3.8) is 0 Å². The number of rotatable bonds is 5. The van der Waals surface area contributed by atoms with Crippen LogP contribution in [0.1, 0.15) is 35.4 Å². The Balaban J connectivity index is 1.52. The first-order chi connectivity index (χ1) is 14.5. The highest BCUT2D eigenvalue weighted by Crippen LogP contribution is 2.35. The lowest BCUT2D eigenvalue weighted by Gasteiger charge is -2.43. The zero-order valence-corrected chi connectivity index (χ0v) is 19.6. The van der Waals surface area contributed by atoms with Crippen LogP contribution in [0.15, 0.2) is 46.9 Å². The molecule has 2 aliphatic rings. The van der Waals surface area contributed by atoms with E-state index in [4.69, 9.17) is 0 Å². The minimum absolute atomic E-state index is 0.242. The third kappa shape index (κ3) is 4.79. The van der Waals surface area contributed by atoms with E-state index in [1.54, 1.807) is 0 Å². The zero-order valence-electron chi connectivity index (χ0n) is 18.1. The maximum absolute atomic E-state index is 12.2. The number of nitrogens with zero attached hydrogens (tertiary/aromatic N) is 3. The number of carbonyl (C=O) groups is 1. The Kier molecular flexibility index (Phi) is 6.91. The SMILES string of the molecule is Cc1ccc(C(C=O)c2cc(Br)ccc2N2CCC(N3CCN(C)CC3)CC2)cc1. The fourth-order valence-electron chi connectivity index (χ4n) is 4.83. The summed E-state index contributed by atoms with van der Waals surface area (Å²) in [4.78, 5) is 19.8. The van der Waals surface area contributed by atoms with E-state index in [1.165, 1.54) is 50.3 Å². The van der Waals surface area contributed by atoms with Gasteiger partial charge in [0.15, 0.2) is 0 Å².